The molecule has 0 amide bonds. The molecule has 0 spiro atoms. The maximum absolute atomic E-state index is 11.3. The second-order valence-corrected chi connectivity index (χ2v) is 6.06. The van der Waals surface area contributed by atoms with Crippen molar-refractivity contribution in [3.8, 4) is 0 Å². The quantitative estimate of drug-likeness (QED) is 0.684. The Balaban J connectivity index is 2.86. The van der Waals surface area contributed by atoms with Crippen molar-refractivity contribution in [3.63, 3.8) is 0 Å². The summed E-state index contributed by atoms with van der Waals surface area (Å²) < 4.78 is 22.6. The third-order valence-corrected chi connectivity index (χ3v) is 3.95. The van der Waals surface area contributed by atoms with E-state index in [9.17, 15) is 8.42 Å². The van der Waals surface area contributed by atoms with Crippen LogP contribution in [0.1, 0.15) is 5.56 Å². The Morgan fingerprint density at radius 1 is 1.47 bits per heavy atom. The number of H-pyrrole nitrogens is 1. The molecular formula is C8H6BrClN2O2S. The summed E-state index contributed by atoms with van der Waals surface area (Å²) in [4.78, 5) is 6.82. The molecule has 0 radical (unpaired) electrons. The van der Waals surface area contributed by atoms with Crippen LogP contribution < -0.4 is 0 Å². The predicted octanol–water partition coefficient (Wildman–Crippen LogP) is 2.39. The summed E-state index contributed by atoms with van der Waals surface area (Å²) in [7, 11) is 1.56. The molecule has 0 fully saturated rings. The molecular weight excluding hydrogens is 304 g/mol. The second kappa shape index (κ2) is 3.77. The summed E-state index contributed by atoms with van der Waals surface area (Å²) >= 11 is 3.26. The van der Waals surface area contributed by atoms with Gasteiger partial charge in [-0.15, -0.1) is 0 Å². The van der Waals surface area contributed by atoms with E-state index in [0.29, 0.717) is 16.4 Å². The molecule has 1 aromatic heterocycles. The number of fused-ring (bicyclic) bond motifs is 1. The summed E-state index contributed by atoms with van der Waals surface area (Å²) in [6.07, 6.45) is 1.44. The van der Waals surface area contributed by atoms with E-state index in [1.165, 1.54) is 12.4 Å². The molecule has 0 atom stereocenters. The maximum atomic E-state index is 11.3. The van der Waals surface area contributed by atoms with Gasteiger partial charge in [0.15, 0.2) is 0 Å². The Hall–Kier alpha value is -0.590. The van der Waals surface area contributed by atoms with Crippen LogP contribution in [0.15, 0.2) is 23.4 Å². The van der Waals surface area contributed by atoms with E-state index in [-0.39, 0.29) is 4.90 Å². The van der Waals surface area contributed by atoms with E-state index in [4.69, 9.17) is 10.7 Å². The Morgan fingerprint density at radius 2 is 2.20 bits per heavy atom. The van der Waals surface area contributed by atoms with Crippen molar-refractivity contribution in [3.05, 3.63) is 24.0 Å². The third-order valence-electron chi connectivity index (χ3n) is 1.97. The Morgan fingerprint density at radius 3 is 2.80 bits per heavy atom. The standard InChI is InChI=1S/C8H6BrClN2O2S/c9-3-5-1-6-8(12-4-11-6)7(2-5)15(10,13)14/h1-2,4H,3H2,(H,11,12). The van der Waals surface area contributed by atoms with Gasteiger partial charge in [0.2, 0.25) is 0 Å². The largest absolute Gasteiger partial charge is 0.345 e. The van der Waals surface area contributed by atoms with Crippen LogP contribution in [0.2, 0.25) is 0 Å². The molecule has 4 nitrogen and oxygen atoms in total. The molecule has 0 saturated carbocycles. The molecule has 7 heteroatoms. The van der Waals surface area contributed by atoms with Crippen LogP contribution in [0.25, 0.3) is 11.0 Å². The number of nitrogens with one attached hydrogen (secondary N) is 1. The average molecular weight is 310 g/mol. The van der Waals surface area contributed by atoms with Gasteiger partial charge in [-0.3, -0.25) is 0 Å². The molecule has 15 heavy (non-hydrogen) atoms. The number of hydrogen-bond acceptors (Lipinski definition) is 3. The fourth-order valence-electron chi connectivity index (χ4n) is 1.34. The van der Waals surface area contributed by atoms with Crippen molar-refractivity contribution in [2.75, 3.05) is 0 Å². The highest BCUT2D eigenvalue weighted by Crippen LogP contribution is 2.26. The molecule has 0 saturated heterocycles. The number of hydrogen-bond donors (Lipinski definition) is 1. The van der Waals surface area contributed by atoms with Gasteiger partial charge in [0.1, 0.15) is 10.4 Å². The number of imidazole rings is 1. The molecule has 80 valence electrons. The van der Waals surface area contributed by atoms with E-state index in [1.54, 1.807) is 0 Å². The molecule has 0 bridgehead atoms. The first kappa shape index (κ1) is 10.9. The maximum Gasteiger partial charge on any atom is 0.263 e. The number of benzene rings is 1. The van der Waals surface area contributed by atoms with Crippen LogP contribution >= 0.6 is 26.6 Å². The first-order valence-electron chi connectivity index (χ1n) is 3.99. The van der Waals surface area contributed by atoms with Crippen LogP contribution in [-0.4, -0.2) is 18.4 Å². The lowest BCUT2D eigenvalue weighted by molar-refractivity contribution is 0.610. The minimum Gasteiger partial charge on any atom is -0.345 e. The molecule has 1 heterocycles. The van der Waals surface area contributed by atoms with Crippen molar-refractivity contribution in [1.82, 2.24) is 9.97 Å². The Bertz CT molecular complexity index is 608. The zero-order valence-corrected chi connectivity index (χ0v) is 10.5. The van der Waals surface area contributed by atoms with Gasteiger partial charge in [0, 0.05) is 16.0 Å². The highest BCUT2D eigenvalue weighted by atomic mass is 79.9. The molecule has 0 aliphatic rings. The lowest BCUT2D eigenvalue weighted by atomic mass is 10.2. The van der Waals surface area contributed by atoms with Crippen molar-refractivity contribution in [2.45, 2.75) is 10.2 Å². The summed E-state index contributed by atoms with van der Waals surface area (Å²) in [5.74, 6) is 0. The summed E-state index contributed by atoms with van der Waals surface area (Å²) in [5.41, 5.74) is 1.85. The summed E-state index contributed by atoms with van der Waals surface area (Å²) in [6.45, 7) is 0. The fraction of sp³-hybridized carbons (Fsp3) is 0.125. The second-order valence-electron chi connectivity index (χ2n) is 2.96. The SMILES string of the molecule is O=S(=O)(Cl)c1cc(CBr)cc2[nH]cnc12. The predicted molar refractivity (Wildman–Crippen MR) is 61.8 cm³/mol. The normalized spacial score (nSPS) is 12.1. The molecule has 1 aromatic carbocycles. The molecule has 0 unspecified atom stereocenters. The number of rotatable bonds is 2. The first-order valence-corrected chi connectivity index (χ1v) is 7.42. The van der Waals surface area contributed by atoms with Crippen LogP contribution in [0.5, 0.6) is 0 Å². The van der Waals surface area contributed by atoms with Crippen LogP contribution in [0.3, 0.4) is 0 Å². The zero-order valence-electron chi connectivity index (χ0n) is 7.37. The highest BCUT2D eigenvalue weighted by Gasteiger charge is 2.17. The number of halogens is 2. The minimum atomic E-state index is -3.76. The van der Waals surface area contributed by atoms with E-state index >= 15 is 0 Å². The molecule has 2 aromatic rings. The topological polar surface area (TPSA) is 62.8 Å². The monoisotopic (exact) mass is 308 g/mol. The number of alkyl halides is 1. The van der Waals surface area contributed by atoms with E-state index < -0.39 is 9.05 Å². The van der Waals surface area contributed by atoms with Gasteiger partial charge in [-0.25, -0.2) is 13.4 Å². The van der Waals surface area contributed by atoms with Crippen molar-refractivity contribution in [1.29, 1.82) is 0 Å². The molecule has 2 rings (SSSR count). The van der Waals surface area contributed by atoms with Crippen LogP contribution in [0, 0.1) is 0 Å². The molecule has 1 N–H and O–H groups in total. The summed E-state index contributed by atoms with van der Waals surface area (Å²) in [5, 5.41) is 0.557. The smallest absolute Gasteiger partial charge is 0.263 e. The van der Waals surface area contributed by atoms with Gasteiger partial charge in [0.05, 0.1) is 11.8 Å². The Labute approximate surface area is 99.2 Å². The van der Waals surface area contributed by atoms with Gasteiger partial charge in [-0.1, -0.05) is 15.9 Å². The lowest BCUT2D eigenvalue weighted by Crippen LogP contribution is -1.94. The van der Waals surface area contributed by atoms with Crippen LogP contribution in [-0.2, 0) is 14.4 Å². The fourth-order valence-corrected chi connectivity index (χ4v) is 2.70. The highest BCUT2D eigenvalue weighted by molar-refractivity contribution is 9.08. The van der Waals surface area contributed by atoms with Crippen molar-refractivity contribution >= 4 is 46.7 Å². The van der Waals surface area contributed by atoms with Crippen molar-refractivity contribution in [2.24, 2.45) is 0 Å². The lowest BCUT2D eigenvalue weighted by Gasteiger charge is -2.01. The van der Waals surface area contributed by atoms with Crippen LogP contribution in [0.4, 0.5) is 0 Å². The Kier molecular flexibility index (Phi) is 2.74. The number of aromatic amines is 1. The van der Waals surface area contributed by atoms with Gasteiger partial charge < -0.3 is 4.98 Å². The third kappa shape index (κ3) is 2.02. The van der Waals surface area contributed by atoms with E-state index in [2.05, 4.69) is 25.9 Å². The first-order chi connectivity index (χ1) is 7.02. The van der Waals surface area contributed by atoms with E-state index in [1.807, 2.05) is 6.07 Å². The van der Waals surface area contributed by atoms with Gasteiger partial charge in [0.25, 0.3) is 9.05 Å². The van der Waals surface area contributed by atoms with Gasteiger partial charge >= 0.3 is 0 Å². The minimum absolute atomic E-state index is 0.0392. The van der Waals surface area contributed by atoms with Crippen molar-refractivity contribution < 1.29 is 8.42 Å². The average Bonchev–Trinajstić information content (AvgIpc) is 2.61. The number of nitrogens with zero attached hydrogens (tertiary/aromatic N) is 1. The van der Waals surface area contributed by atoms with E-state index in [0.717, 1.165) is 5.56 Å². The molecule has 0 aliphatic heterocycles. The summed E-state index contributed by atoms with van der Waals surface area (Å²) in [6, 6.07) is 3.34. The van der Waals surface area contributed by atoms with Gasteiger partial charge in [-0.05, 0) is 17.7 Å². The zero-order chi connectivity index (χ0) is 11.1. The number of aromatic nitrogens is 2. The van der Waals surface area contributed by atoms with Gasteiger partial charge in [-0.2, -0.15) is 0 Å². The molecule has 0 aliphatic carbocycles.